The first-order chi connectivity index (χ1) is 12.7. The van der Waals surface area contributed by atoms with E-state index in [1.165, 1.54) is 11.3 Å². The Hall–Kier alpha value is -2.74. The molecule has 3 N–H and O–H groups in total. The van der Waals surface area contributed by atoms with Gasteiger partial charge in [-0.05, 0) is 39.9 Å². The summed E-state index contributed by atoms with van der Waals surface area (Å²) in [6, 6.07) is 4.19. The lowest BCUT2D eigenvalue weighted by atomic mass is 9.85. The lowest BCUT2D eigenvalue weighted by Gasteiger charge is -2.31. The second kappa shape index (κ2) is 8.77. The summed E-state index contributed by atoms with van der Waals surface area (Å²) in [6.07, 6.45) is 2.77. The molecule has 0 bridgehead atoms. The number of aliphatic carboxylic acids is 1. The fourth-order valence-corrected chi connectivity index (χ4v) is 3.29. The lowest BCUT2D eigenvalue weighted by molar-refractivity contribution is -0.140. The first-order valence-electron chi connectivity index (χ1n) is 8.43. The van der Waals surface area contributed by atoms with E-state index in [9.17, 15) is 14.4 Å². The van der Waals surface area contributed by atoms with Gasteiger partial charge in [0.05, 0.1) is 12.3 Å². The summed E-state index contributed by atoms with van der Waals surface area (Å²) >= 11 is 1.39. The van der Waals surface area contributed by atoms with Gasteiger partial charge in [-0.3, -0.25) is 19.4 Å². The molecular weight excluding hydrogens is 366 g/mol. The summed E-state index contributed by atoms with van der Waals surface area (Å²) in [5, 5.41) is 18.2. The average molecular weight is 389 g/mol. The third kappa shape index (κ3) is 5.89. The Morgan fingerprint density at radius 1 is 1.15 bits per heavy atom. The molecule has 0 spiro atoms. The van der Waals surface area contributed by atoms with Crippen molar-refractivity contribution >= 4 is 34.8 Å². The standard InChI is InChI=1S/C19H23N3O4S/c1-19(2,3)16(18(26)21-13-4-7-20-8-5-13)22-17(25)14(10-15(23)24)12-6-9-27-11-12/h4-9,11,14,16H,10H2,1-3H3,(H,22,25)(H,23,24)(H,20,21,26)/t14?,16-/m1/s1. The van der Waals surface area contributed by atoms with Crippen LogP contribution in [0.1, 0.15) is 38.7 Å². The molecule has 0 aromatic carbocycles. The number of carbonyl (C=O) groups is 3. The van der Waals surface area contributed by atoms with Crippen molar-refractivity contribution in [3.63, 3.8) is 0 Å². The van der Waals surface area contributed by atoms with Gasteiger partial charge in [-0.25, -0.2) is 0 Å². The molecule has 0 radical (unpaired) electrons. The molecule has 0 aliphatic carbocycles. The first-order valence-corrected chi connectivity index (χ1v) is 9.38. The molecule has 0 saturated carbocycles. The van der Waals surface area contributed by atoms with Crippen LogP contribution >= 0.6 is 11.3 Å². The third-order valence-electron chi connectivity index (χ3n) is 4.00. The van der Waals surface area contributed by atoms with E-state index >= 15 is 0 Å². The monoisotopic (exact) mass is 389 g/mol. The maximum atomic E-state index is 12.8. The number of carboxylic acids is 1. The predicted octanol–water partition coefficient (Wildman–Crippen LogP) is 2.87. The molecule has 2 heterocycles. The van der Waals surface area contributed by atoms with Gasteiger partial charge in [-0.1, -0.05) is 20.8 Å². The number of hydrogen-bond donors (Lipinski definition) is 3. The largest absolute Gasteiger partial charge is 0.481 e. The Morgan fingerprint density at radius 3 is 2.33 bits per heavy atom. The molecule has 2 rings (SSSR count). The highest BCUT2D eigenvalue weighted by molar-refractivity contribution is 7.08. The van der Waals surface area contributed by atoms with Crippen LogP contribution in [0.4, 0.5) is 5.69 Å². The number of carboxylic acid groups (broad SMARTS) is 1. The molecule has 144 valence electrons. The maximum absolute atomic E-state index is 12.8. The van der Waals surface area contributed by atoms with Crippen LogP contribution in [0.5, 0.6) is 0 Å². The lowest BCUT2D eigenvalue weighted by Crippen LogP contribution is -2.52. The average Bonchev–Trinajstić information content (AvgIpc) is 3.11. The van der Waals surface area contributed by atoms with Gasteiger partial charge in [0.1, 0.15) is 6.04 Å². The van der Waals surface area contributed by atoms with E-state index in [0.29, 0.717) is 11.3 Å². The van der Waals surface area contributed by atoms with Gasteiger partial charge in [-0.15, -0.1) is 0 Å². The Labute approximate surface area is 161 Å². The molecule has 2 atom stereocenters. The third-order valence-corrected chi connectivity index (χ3v) is 4.70. The summed E-state index contributed by atoms with van der Waals surface area (Å²) in [5.41, 5.74) is 0.621. The molecule has 0 aliphatic heterocycles. The van der Waals surface area contributed by atoms with Crippen molar-refractivity contribution in [1.29, 1.82) is 0 Å². The molecule has 7 nitrogen and oxygen atoms in total. The van der Waals surface area contributed by atoms with E-state index < -0.39 is 29.3 Å². The highest BCUT2D eigenvalue weighted by atomic mass is 32.1. The second-order valence-corrected chi connectivity index (χ2v) is 8.02. The van der Waals surface area contributed by atoms with Gasteiger partial charge in [0.25, 0.3) is 0 Å². The summed E-state index contributed by atoms with van der Waals surface area (Å²) in [5.74, 6) is -2.79. The quantitative estimate of drug-likeness (QED) is 0.675. The number of thiophene rings is 1. The van der Waals surface area contributed by atoms with Gasteiger partial charge >= 0.3 is 5.97 Å². The normalized spacial score (nSPS) is 13.4. The second-order valence-electron chi connectivity index (χ2n) is 7.24. The number of nitrogens with one attached hydrogen (secondary N) is 2. The smallest absolute Gasteiger partial charge is 0.304 e. The Balaban J connectivity index is 2.20. The van der Waals surface area contributed by atoms with E-state index in [4.69, 9.17) is 5.11 Å². The minimum atomic E-state index is -1.07. The van der Waals surface area contributed by atoms with E-state index in [1.807, 2.05) is 20.8 Å². The molecule has 2 amide bonds. The molecule has 0 aliphatic rings. The fraction of sp³-hybridized carbons (Fsp3) is 0.368. The maximum Gasteiger partial charge on any atom is 0.304 e. The van der Waals surface area contributed by atoms with Gasteiger partial charge in [-0.2, -0.15) is 11.3 Å². The van der Waals surface area contributed by atoms with Crippen LogP contribution in [0.25, 0.3) is 0 Å². The van der Waals surface area contributed by atoms with Gasteiger partial charge in [0, 0.05) is 18.1 Å². The van der Waals surface area contributed by atoms with E-state index in [-0.39, 0.29) is 12.3 Å². The Bertz CT molecular complexity index is 785. The van der Waals surface area contributed by atoms with Gasteiger partial charge in [0.15, 0.2) is 0 Å². The number of anilines is 1. The summed E-state index contributed by atoms with van der Waals surface area (Å²) in [6.45, 7) is 5.50. The number of nitrogens with zero attached hydrogens (tertiary/aromatic N) is 1. The number of carbonyl (C=O) groups excluding carboxylic acids is 2. The Kier molecular flexibility index (Phi) is 6.68. The number of pyridine rings is 1. The summed E-state index contributed by atoms with van der Waals surface area (Å²) < 4.78 is 0. The van der Waals surface area contributed by atoms with Crippen molar-refractivity contribution in [2.24, 2.45) is 5.41 Å². The van der Waals surface area contributed by atoms with E-state index in [2.05, 4.69) is 15.6 Å². The molecule has 27 heavy (non-hydrogen) atoms. The zero-order valence-corrected chi connectivity index (χ0v) is 16.2. The highest BCUT2D eigenvalue weighted by Gasteiger charge is 2.35. The van der Waals surface area contributed by atoms with Crippen LogP contribution in [0.15, 0.2) is 41.4 Å². The van der Waals surface area contributed by atoms with E-state index in [0.717, 1.165) is 0 Å². The molecule has 0 fully saturated rings. The molecular formula is C19H23N3O4S. The zero-order chi connectivity index (χ0) is 20.0. The molecule has 1 unspecified atom stereocenters. The first kappa shape index (κ1) is 20.6. The fourth-order valence-electron chi connectivity index (χ4n) is 2.58. The molecule has 0 saturated heterocycles. The molecule has 2 aromatic heterocycles. The predicted molar refractivity (Wildman–Crippen MR) is 104 cm³/mol. The summed E-state index contributed by atoms with van der Waals surface area (Å²) in [4.78, 5) is 40.7. The summed E-state index contributed by atoms with van der Waals surface area (Å²) in [7, 11) is 0. The van der Waals surface area contributed by atoms with Crippen LogP contribution in [-0.4, -0.2) is 33.9 Å². The number of rotatable bonds is 7. The minimum Gasteiger partial charge on any atom is -0.481 e. The van der Waals surface area contributed by atoms with Crippen molar-refractivity contribution in [3.05, 3.63) is 46.9 Å². The highest BCUT2D eigenvalue weighted by Crippen LogP contribution is 2.26. The number of amides is 2. The van der Waals surface area contributed by atoms with Crippen molar-refractivity contribution < 1.29 is 19.5 Å². The number of aromatic nitrogens is 1. The van der Waals surface area contributed by atoms with Crippen molar-refractivity contribution in [2.75, 3.05) is 5.32 Å². The van der Waals surface area contributed by atoms with Gasteiger partial charge < -0.3 is 15.7 Å². The molecule has 2 aromatic rings. The molecule has 8 heteroatoms. The minimum absolute atomic E-state index is 0.342. The topological polar surface area (TPSA) is 108 Å². The van der Waals surface area contributed by atoms with E-state index in [1.54, 1.807) is 41.4 Å². The number of hydrogen-bond acceptors (Lipinski definition) is 5. The van der Waals surface area contributed by atoms with Crippen LogP contribution in [0.2, 0.25) is 0 Å². The van der Waals surface area contributed by atoms with Gasteiger partial charge in [0.2, 0.25) is 11.8 Å². The van der Waals surface area contributed by atoms with Crippen molar-refractivity contribution in [3.8, 4) is 0 Å². The Morgan fingerprint density at radius 2 is 1.81 bits per heavy atom. The van der Waals surface area contributed by atoms with Crippen LogP contribution in [0.3, 0.4) is 0 Å². The van der Waals surface area contributed by atoms with Crippen LogP contribution in [-0.2, 0) is 14.4 Å². The van der Waals surface area contributed by atoms with Crippen LogP contribution < -0.4 is 10.6 Å². The zero-order valence-electron chi connectivity index (χ0n) is 15.4. The van der Waals surface area contributed by atoms with Crippen molar-refractivity contribution in [1.82, 2.24) is 10.3 Å². The van der Waals surface area contributed by atoms with Crippen molar-refractivity contribution in [2.45, 2.75) is 39.2 Å². The SMILES string of the molecule is CC(C)(C)[C@H](NC(=O)C(CC(=O)O)c1ccsc1)C(=O)Nc1ccncc1. The van der Waals surface area contributed by atoms with Crippen LogP contribution in [0, 0.1) is 5.41 Å².